The Morgan fingerprint density at radius 3 is 2.38 bits per heavy atom. The lowest BCUT2D eigenvalue weighted by Crippen LogP contribution is -2.30. The first-order valence-electron chi connectivity index (χ1n) is 5.61. The molecule has 0 spiro atoms. The first-order valence-corrected chi connectivity index (χ1v) is 5.61. The number of hydrogen-bond donors (Lipinski definition) is 1. The molecule has 0 saturated heterocycles. The van der Waals surface area contributed by atoms with Gasteiger partial charge in [-0.05, 0) is 19.3 Å². The molecule has 0 aromatic carbocycles. The summed E-state index contributed by atoms with van der Waals surface area (Å²) < 4.78 is 4.88. The number of ether oxygens (including phenoxy) is 1. The van der Waals surface area contributed by atoms with Crippen LogP contribution in [0.15, 0.2) is 12.2 Å². The fraction of sp³-hybridized carbons (Fsp3) is 0.667. The third-order valence-electron chi connectivity index (χ3n) is 1.93. The molecule has 1 amide bonds. The van der Waals surface area contributed by atoms with E-state index in [2.05, 4.69) is 5.32 Å². The lowest BCUT2D eigenvalue weighted by molar-refractivity contribution is -0.139. The van der Waals surface area contributed by atoms with Crippen LogP contribution in [-0.2, 0) is 14.3 Å². The number of nitrogens with one attached hydrogen (secondary N) is 1. The van der Waals surface area contributed by atoms with E-state index >= 15 is 0 Å². The molecule has 0 fully saturated rings. The normalized spacial score (nSPS) is 12.8. The Bertz CT molecular complexity index is 259. The van der Waals surface area contributed by atoms with Gasteiger partial charge in [0, 0.05) is 18.2 Å². The van der Waals surface area contributed by atoms with Gasteiger partial charge in [-0.1, -0.05) is 20.8 Å². The lowest BCUT2D eigenvalue weighted by Gasteiger charge is -2.08. The molecule has 16 heavy (non-hydrogen) atoms. The van der Waals surface area contributed by atoms with Crippen LogP contribution in [0.4, 0.5) is 0 Å². The van der Waals surface area contributed by atoms with Gasteiger partial charge < -0.3 is 10.1 Å². The van der Waals surface area contributed by atoms with Crippen LogP contribution in [0.5, 0.6) is 0 Å². The summed E-state index contributed by atoms with van der Waals surface area (Å²) in [4.78, 5) is 22.4. The Balaban J connectivity index is 3.89. The molecule has 0 bridgehead atoms. The van der Waals surface area contributed by atoms with E-state index in [0.29, 0.717) is 12.5 Å². The predicted octanol–water partition coefficient (Wildman–Crippen LogP) is 1.66. The Kier molecular flexibility index (Phi) is 7.25. The van der Waals surface area contributed by atoms with Crippen LogP contribution in [0.3, 0.4) is 0 Å². The standard InChI is InChI=1S/C12H21NO3/c1-5-10(4)13-11(14)6-7-12(15)16-8-9(2)3/h6-7,9-10H,5,8H2,1-4H3,(H,13,14). The van der Waals surface area contributed by atoms with Crippen molar-refractivity contribution in [1.82, 2.24) is 5.32 Å². The molecular formula is C12H21NO3. The van der Waals surface area contributed by atoms with E-state index in [9.17, 15) is 9.59 Å². The number of rotatable bonds is 6. The minimum absolute atomic E-state index is 0.115. The van der Waals surface area contributed by atoms with E-state index in [1.165, 1.54) is 6.08 Å². The second kappa shape index (κ2) is 7.91. The second-order valence-corrected chi connectivity index (χ2v) is 4.18. The van der Waals surface area contributed by atoms with Crippen molar-refractivity contribution >= 4 is 11.9 Å². The van der Waals surface area contributed by atoms with Crippen molar-refractivity contribution in [2.75, 3.05) is 6.61 Å². The van der Waals surface area contributed by atoms with Gasteiger partial charge in [0.2, 0.25) is 5.91 Å². The summed E-state index contributed by atoms with van der Waals surface area (Å²) in [6, 6.07) is 0.115. The van der Waals surface area contributed by atoms with Crippen molar-refractivity contribution in [3.63, 3.8) is 0 Å². The van der Waals surface area contributed by atoms with Crippen LogP contribution < -0.4 is 5.32 Å². The average molecular weight is 227 g/mol. The van der Waals surface area contributed by atoms with Crippen LogP contribution in [-0.4, -0.2) is 24.5 Å². The van der Waals surface area contributed by atoms with Crippen molar-refractivity contribution in [1.29, 1.82) is 0 Å². The summed E-state index contributed by atoms with van der Waals surface area (Å²) in [6.07, 6.45) is 3.21. The summed E-state index contributed by atoms with van der Waals surface area (Å²) in [7, 11) is 0. The second-order valence-electron chi connectivity index (χ2n) is 4.18. The summed E-state index contributed by atoms with van der Waals surface area (Å²) in [5.74, 6) is -0.449. The molecule has 4 heteroatoms. The molecule has 0 aliphatic carbocycles. The van der Waals surface area contributed by atoms with E-state index in [1.807, 2.05) is 27.7 Å². The molecule has 92 valence electrons. The minimum Gasteiger partial charge on any atom is -0.462 e. The molecule has 0 saturated carbocycles. The van der Waals surface area contributed by atoms with Crippen molar-refractivity contribution in [2.24, 2.45) is 5.92 Å². The molecule has 0 aromatic heterocycles. The van der Waals surface area contributed by atoms with E-state index in [4.69, 9.17) is 4.74 Å². The molecule has 0 aliphatic rings. The van der Waals surface area contributed by atoms with Crippen LogP contribution in [0.25, 0.3) is 0 Å². The zero-order valence-electron chi connectivity index (χ0n) is 10.4. The summed E-state index contributed by atoms with van der Waals surface area (Å²) in [5, 5.41) is 2.72. The average Bonchev–Trinajstić information content (AvgIpc) is 2.23. The van der Waals surface area contributed by atoms with Crippen LogP contribution in [0.1, 0.15) is 34.1 Å². The molecule has 1 unspecified atom stereocenters. The highest BCUT2D eigenvalue weighted by atomic mass is 16.5. The predicted molar refractivity (Wildman–Crippen MR) is 62.8 cm³/mol. The van der Waals surface area contributed by atoms with Gasteiger partial charge in [0.15, 0.2) is 0 Å². The third kappa shape index (κ3) is 8.03. The van der Waals surface area contributed by atoms with Crippen molar-refractivity contribution in [2.45, 2.75) is 40.2 Å². The number of carbonyl (C=O) groups excluding carboxylic acids is 2. The zero-order valence-corrected chi connectivity index (χ0v) is 10.4. The fourth-order valence-electron chi connectivity index (χ4n) is 0.834. The van der Waals surface area contributed by atoms with Gasteiger partial charge in [0.25, 0.3) is 0 Å². The SMILES string of the molecule is CCC(C)NC(=O)C=CC(=O)OCC(C)C. The highest BCUT2D eigenvalue weighted by Crippen LogP contribution is 1.94. The van der Waals surface area contributed by atoms with Gasteiger partial charge in [-0.2, -0.15) is 0 Å². The van der Waals surface area contributed by atoms with E-state index in [0.717, 1.165) is 12.5 Å². The van der Waals surface area contributed by atoms with Gasteiger partial charge in [-0.25, -0.2) is 4.79 Å². The molecule has 4 nitrogen and oxygen atoms in total. The number of amides is 1. The monoisotopic (exact) mass is 227 g/mol. The number of esters is 1. The van der Waals surface area contributed by atoms with Gasteiger partial charge in [0.1, 0.15) is 0 Å². The number of hydrogen-bond acceptors (Lipinski definition) is 3. The quantitative estimate of drug-likeness (QED) is 0.554. The molecule has 0 heterocycles. The van der Waals surface area contributed by atoms with Gasteiger partial charge in [0.05, 0.1) is 6.61 Å². The molecule has 0 aliphatic heterocycles. The Morgan fingerprint density at radius 2 is 1.88 bits per heavy atom. The van der Waals surface area contributed by atoms with Crippen LogP contribution in [0, 0.1) is 5.92 Å². The Labute approximate surface area is 97.1 Å². The summed E-state index contributed by atoms with van der Waals surface area (Å²) in [6.45, 7) is 8.16. The van der Waals surface area contributed by atoms with E-state index in [-0.39, 0.29) is 11.9 Å². The zero-order chi connectivity index (χ0) is 12.6. The van der Waals surface area contributed by atoms with Gasteiger partial charge in [-0.15, -0.1) is 0 Å². The van der Waals surface area contributed by atoms with Crippen LogP contribution in [0.2, 0.25) is 0 Å². The first-order chi connectivity index (χ1) is 7.45. The maximum absolute atomic E-state index is 11.2. The number of carbonyl (C=O) groups is 2. The molecule has 0 rings (SSSR count). The van der Waals surface area contributed by atoms with Crippen LogP contribution >= 0.6 is 0 Å². The maximum Gasteiger partial charge on any atom is 0.330 e. The smallest absolute Gasteiger partial charge is 0.330 e. The van der Waals surface area contributed by atoms with Gasteiger partial charge >= 0.3 is 5.97 Å². The van der Waals surface area contributed by atoms with E-state index < -0.39 is 5.97 Å². The third-order valence-corrected chi connectivity index (χ3v) is 1.93. The van der Waals surface area contributed by atoms with E-state index in [1.54, 1.807) is 0 Å². The summed E-state index contributed by atoms with van der Waals surface area (Å²) in [5.41, 5.74) is 0. The lowest BCUT2D eigenvalue weighted by atomic mass is 10.2. The first kappa shape index (κ1) is 14.7. The Morgan fingerprint density at radius 1 is 1.25 bits per heavy atom. The van der Waals surface area contributed by atoms with Gasteiger partial charge in [-0.3, -0.25) is 4.79 Å². The van der Waals surface area contributed by atoms with Crippen molar-refractivity contribution in [3.8, 4) is 0 Å². The van der Waals surface area contributed by atoms with Crippen molar-refractivity contribution < 1.29 is 14.3 Å². The topological polar surface area (TPSA) is 55.4 Å². The highest BCUT2D eigenvalue weighted by molar-refractivity contribution is 5.94. The molecule has 0 aromatic rings. The molecule has 1 N–H and O–H groups in total. The largest absolute Gasteiger partial charge is 0.462 e. The molecule has 1 atom stereocenters. The minimum atomic E-state index is -0.479. The highest BCUT2D eigenvalue weighted by Gasteiger charge is 2.03. The molecule has 0 radical (unpaired) electrons. The molecular weight excluding hydrogens is 206 g/mol. The Hall–Kier alpha value is -1.32. The summed E-state index contributed by atoms with van der Waals surface area (Å²) >= 11 is 0. The fourth-order valence-corrected chi connectivity index (χ4v) is 0.834. The maximum atomic E-state index is 11.2. The van der Waals surface area contributed by atoms with Crippen molar-refractivity contribution in [3.05, 3.63) is 12.2 Å².